The molecule has 0 spiro atoms. The first-order valence-electron chi connectivity index (χ1n) is 3.72. The minimum atomic E-state index is -1.25. The zero-order valence-corrected chi connectivity index (χ0v) is 8.62. The molecule has 64 valence electrons. The third kappa shape index (κ3) is 1.50. The van der Waals surface area contributed by atoms with Gasteiger partial charge in [0.25, 0.3) is 0 Å². The maximum Gasteiger partial charge on any atom is 0.173 e. The van der Waals surface area contributed by atoms with Gasteiger partial charge in [-0.1, -0.05) is 17.7 Å². The first-order valence-corrected chi connectivity index (χ1v) is 4.89. The molecule has 0 fully saturated rings. The van der Waals surface area contributed by atoms with Gasteiger partial charge in [-0.15, -0.1) is 0 Å². The maximum absolute atomic E-state index is 13.4. The number of rotatable bonds is 0. The first-order chi connectivity index (χ1) is 5.57. The van der Waals surface area contributed by atoms with E-state index in [1.807, 2.05) is 12.1 Å². The summed E-state index contributed by atoms with van der Waals surface area (Å²) in [4.78, 5) is 0. The van der Waals surface area contributed by atoms with Crippen molar-refractivity contribution in [2.24, 2.45) is 0 Å². The van der Waals surface area contributed by atoms with Gasteiger partial charge in [0, 0.05) is 17.9 Å². The van der Waals surface area contributed by atoms with E-state index >= 15 is 0 Å². The van der Waals surface area contributed by atoms with E-state index in [-0.39, 0.29) is 0 Å². The summed E-state index contributed by atoms with van der Waals surface area (Å²) >= 11 is 8.82. The molecule has 12 heavy (non-hydrogen) atoms. The Morgan fingerprint density at radius 3 is 2.75 bits per heavy atom. The fourth-order valence-electron chi connectivity index (χ4n) is 1.55. The van der Waals surface area contributed by atoms with Gasteiger partial charge in [0.05, 0.1) is 0 Å². The highest BCUT2D eigenvalue weighted by molar-refractivity contribution is 9.10. The lowest BCUT2D eigenvalue weighted by Gasteiger charge is -2.06. The normalized spacial score (nSPS) is 27.2. The van der Waals surface area contributed by atoms with Gasteiger partial charge in [0.2, 0.25) is 0 Å². The van der Waals surface area contributed by atoms with Gasteiger partial charge >= 0.3 is 0 Å². The van der Waals surface area contributed by atoms with Crippen molar-refractivity contribution in [2.75, 3.05) is 0 Å². The van der Waals surface area contributed by atoms with Crippen LogP contribution in [0.2, 0.25) is 5.02 Å². The maximum atomic E-state index is 13.4. The van der Waals surface area contributed by atoms with Crippen LogP contribution in [0.15, 0.2) is 18.2 Å². The van der Waals surface area contributed by atoms with Gasteiger partial charge in [-0.25, -0.2) is 4.39 Å². The Bertz CT molecular complexity index is 322. The summed E-state index contributed by atoms with van der Waals surface area (Å²) < 4.78 is 12.2. The summed E-state index contributed by atoms with van der Waals surface area (Å²) in [7, 11) is 0. The predicted molar refractivity (Wildman–Crippen MR) is 51.6 cm³/mol. The van der Waals surface area contributed by atoms with Crippen LogP contribution in [-0.4, -0.2) is 4.58 Å². The number of fused-ring (bicyclic) bond motifs is 1. The Morgan fingerprint density at radius 2 is 2.00 bits per heavy atom. The second-order valence-corrected chi connectivity index (χ2v) is 4.98. The molecular formula is C9H7BrClF. The molecule has 1 aromatic carbocycles. The summed E-state index contributed by atoms with van der Waals surface area (Å²) in [6.07, 6.45) is 0.863. The second kappa shape index (κ2) is 2.71. The lowest BCUT2D eigenvalue weighted by molar-refractivity contribution is 0.313. The van der Waals surface area contributed by atoms with Crippen molar-refractivity contribution in [3.63, 3.8) is 0 Å². The Labute approximate surface area is 83.9 Å². The van der Waals surface area contributed by atoms with Crippen LogP contribution in [0.4, 0.5) is 4.39 Å². The average molecular weight is 250 g/mol. The fourth-order valence-corrected chi connectivity index (χ4v) is 2.35. The van der Waals surface area contributed by atoms with E-state index in [0.29, 0.717) is 17.9 Å². The number of alkyl halides is 2. The monoisotopic (exact) mass is 248 g/mol. The van der Waals surface area contributed by atoms with Crippen LogP contribution in [0.3, 0.4) is 0 Å². The summed E-state index contributed by atoms with van der Waals surface area (Å²) in [5.74, 6) is 0. The Morgan fingerprint density at radius 1 is 1.33 bits per heavy atom. The van der Waals surface area contributed by atoms with Crippen molar-refractivity contribution >= 4 is 27.5 Å². The van der Waals surface area contributed by atoms with E-state index in [2.05, 4.69) is 15.9 Å². The molecule has 0 saturated carbocycles. The van der Waals surface area contributed by atoms with Crippen LogP contribution in [0, 0.1) is 0 Å². The molecule has 0 N–H and O–H groups in total. The molecule has 3 heteroatoms. The molecule has 0 aromatic heterocycles. The molecule has 1 aliphatic rings. The van der Waals surface area contributed by atoms with Crippen LogP contribution in [0.25, 0.3) is 0 Å². The largest absolute Gasteiger partial charge is 0.231 e. The first kappa shape index (κ1) is 8.52. The molecule has 0 amide bonds. The van der Waals surface area contributed by atoms with Gasteiger partial charge in [0.1, 0.15) is 0 Å². The van der Waals surface area contributed by atoms with Crippen molar-refractivity contribution in [1.82, 2.24) is 0 Å². The van der Waals surface area contributed by atoms with Gasteiger partial charge < -0.3 is 0 Å². The summed E-state index contributed by atoms with van der Waals surface area (Å²) in [5, 5.41) is 0.680. The standard InChI is InChI=1S/C9H7BrClF/c10-9(12)4-6-1-2-8(11)3-7(6)5-9/h1-3H,4-5H2. The van der Waals surface area contributed by atoms with E-state index in [0.717, 1.165) is 11.1 Å². The third-order valence-electron chi connectivity index (χ3n) is 2.07. The molecule has 1 atom stereocenters. The minimum absolute atomic E-state index is 0.420. The Balaban J connectivity index is 2.43. The van der Waals surface area contributed by atoms with Gasteiger partial charge in [-0.3, -0.25) is 0 Å². The minimum Gasteiger partial charge on any atom is -0.231 e. The highest BCUT2D eigenvalue weighted by Crippen LogP contribution is 2.38. The second-order valence-electron chi connectivity index (χ2n) is 3.12. The van der Waals surface area contributed by atoms with Gasteiger partial charge in [0.15, 0.2) is 4.58 Å². The average Bonchev–Trinajstić information content (AvgIpc) is 2.21. The van der Waals surface area contributed by atoms with Gasteiger partial charge in [-0.2, -0.15) is 0 Å². The molecule has 1 aromatic rings. The SMILES string of the molecule is FC1(Br)Cc2ccc(Cl)cc2C1. The van der Waals surface area contributed by atoms with E-state index < -0.39 is 4.58 Å². The van der Waals surface area contributed by atoms with E-state index in [1.165, 1.54) is 0 Å². The molecule has 0 heterocycles. The highest BCUT2D eigenvalue weighted by Gasteiger charge is 2.34. The summed E-state index contributed by atoms with van der Waals surface area (Å²) in [6, 6.07) is 5.52. The topological polar surface area (TPSA) is 0 Å². The smallest absolute Gasteiger partial charge is 0.173 e. The van der Waals surface area contributed by atoms with Crippen molar-refractivity contribution in [2.45, 2.75) is 17.4 Å². The van der Waals surface area contributed by atoms with Crippen molar-refractivity contribution in [3.8, 4) is 0 Å². The van der Waals surface area contributed by atoms with Crippen LogP contribution in [0.1, 0.15) is 11.1 Å². The fraction of sp³-hybridized carbons (Fsp3) is 0.333. The lowest BCUT2D eigenvalue weighted by atomic mass is 10.1. The molecule has 2 rings (SSSR count). The molecule has 0 saturated heterocycles. The highest BCUT2D eigenvalue weighted by atomic mass is 79.9. The quantitative estimate of drug-likeness (QED) is 0.617. The predicted octanol–water partition coefficient (Wildman–Crippen LogP) is 3.50. The molecule has 0 radical (unpaired) electrons. The van der Waals surface area contributed by atoms with E-state index in [9.17, 15) is 4.39 Å². The number of hydrogen-bond donors (Lipinski definition) is 0. The van der Waals surface area contributed by atoms with Crippen molar-refractivity contribution in [1.29, 1.82) is 0 Å². The Hall–Kier alpha value is -0.0800. The number of benzene rings is 1. The summed E-state index contributed by atoms with van der Waals surface area (Å²) in [6.45, 7) is 0. The van der Waals surface area contributed by atoms with Crippen LogP contribution in [0.5, 0.6) is 0 Å². The number of halogens is 3. The third-order valence-corrected chi connectivity index (χ3v) is 2.86. The lowest BCUT2D eigenvalue weighted by Crippen LogP contribution is -2.11. The zero-order chi connectivity index (χ0) is 8.77. The van der Waals surface area contributed by atoms with Crippen molar-refractivity contribution < 1.29 is 4.39 Å². The van der Waals surface area contributed by atoms with E-state index in [4.69, 9.17) is 11.6 Å². The van der Waals surface area contributed by atoms with E-state index in [1.54, 1.807) is 6.07 Å². The van der Waals surface area contributed by atoms with Crippen molar-refractivity contribution in [3.05, 3.63) is 34.3 Å². The van der Waals surface area contributed by atoms with Crippen LogP contribution < -0.4 is 0 Å². The molecular weight excluding hydrogens is 242 g/mol. The zero-order valence-electron chi connectivity index (χ0n) is 6.28. The van der Waals surface area contributed by atoms with Gasteiger partial charge in [-0.05, 0) is 39.2 Å². The Kier molecular flexibility index (Phi) is 1.92. The molecule has 1 aliphatic carbocycles. The molecule has 0 aliphatic heterocycles. The number of hydrogen-bond acceptors (Lipinski definition) is 0. The van der Waals surface area contributed by atoms with Crippen LogP contribution in [-0.2, 0) is 12.8 Å². The summed E-state index contributed by atoms with van der Waals surface area (Å²) in [5.41, 5.74) is 2.07. The molecule has 1 unspecified atom stereocenters. The van der Waals surface area contributed by atoms with Crippen LogP contribution >= 0.6 is 27.5 Å². The molecule has 0 nitrogen and oxygen atoms in total. The molecule has 0 bridgehead atoms.